The zero-order valence-corrected chi connectivity index (χ0v) is 22.9. The molecule has 2 aromatic carbocycles. The molecule has 1 aliphatic rings. The summed E-state index contributed by atoms with van der Waals surface area (Å²) < 4.78 is 7.42. The van der Waals surface area contributed by atoms with Crippen LogP contribution >= 0.6 is 0 Å². The average Bonchev–Trinajstić information content (AvgIpc) is 2.96. The smallest absolute Gasteiger partial charge is 0.269 e. The molecule has 0 unspecified atom stereocenters. The highest BCUT2D eigenvalue weighted by Crippen LogP contribution is 2.28. The molecule has 5 rings (SSSR count). The van der Waals surface area contributed by atoms with Gasteiger partial charge in [-0.3, -0.25) is 14.2 Å². The van der Waals surface area contributed by atoms with Crippen LogP contribution in [0.15, 0.2) is 53.3 Å². The molecule has 0 spiro atoms. The average molecular weight is 554 g/mol. The van der Waals surface area contributed by atoms with Crippen molar-refractivity contribution in [3.05, 3.63) is 70.3 Å². The van der Waals surface area contributed by atoms with Crippen molar-refractivity contribution in [2.75, 3.05) is 36.5 Å². The summed E-state index contributed by atoms with van der Waals surface area (Å²) in [7, 11) is 0. The van der Waals surface area contributed by atoms with E-state index in [-0.39, 0.29) is 52.4 Å². The minimum absolute atomic E-state index is 0.0314. The third-order valence-corrected chi connectivity index (χ3v) is 7.19. The Morgan fingerprint density at radius 1 is 1.12 bits per heavy atom. The first-order valence-electron chi connectivity index (χ1n) is 13.4. The summed E-state index contributed by atoms with van der Waals surface area (Å²) >= 11 is 0. The maximum atomic E-state index is 14.1. The zero-order chi connectivity index (χ0) is 29.1. The third kappa shape index (κ3) is 5.60. The lowest BCUT2D eigenvalue weighted by Crippen LogP contribution is -2.40. The number of hydrogen-bond acceptors (Lipinski definition) is 10. The van der Waals surface area contributed by atoms with Gasteiger partial charge in [-0.05, 0) is 49.9 Å². The Kier molecular flexibility index (Phi) is 7.69. The molecule has 0 saturated carbocycles. The summed E-state index contributed by atoms with van der Waals surface area (Å²) in [5.74, 6) is 1.08. The molecule has 1 aliphatic heterocycles. The van der Waals surface area contributed by atoms with Crippen LogP contribution in [0.4, 0.5) is 17.6 Å². The van der Waals surface area contributed by atoms with Crippen molar-refractivity contribution in [1.29, 1.82) is 5.26 Å². The molecule has 1 saturated heterocycles. The standard InChI is InChI=1S/C29H31N9O3/c1-17-11-13-37(14-12-17)23(39)16-41-22-10-6-9-21-24(22)28(40)38(19-7-4-3-5-8-19)27(34-21)18(2)33-26-20(15-30)25(31)35-29(32)36-26/h3-10,17-18H,11-14,16H2,1-2H3,(H5,31,32,33,35,36)/t18-/m0/s1. The van der Waals surface area contributed by atoms with Crippen molar-refractivity contribution >= 4 is 34.4 Å². The zero-order valence-electron chi connectivity index (χ0n) is 22.9. The van der Waals surface area contributed by atoms with Gasteiger partial charge in [0.1, 0.15) is 34.4 Å². The fourth-order valence-corrected chi connectivity index (χ4v) is 4.92. The van der Waals surface area contributed by atoms with Crippen molar-refractivity contribution in [3.8, 4) is 17.5 Å². The highest BCUT2D eigenvalue weighted by molar-refractivity contribution is 5.85. The number of aromatic nitrogens is 4. The van der Waals surface area contributed by atoms with Gasteiger partial charge in [0.25, 0.3) is 11.5 Å². The van der Waals surface area contributed by atoms with Crippen molar-refractivity contribution in [1.82, 2.24) is 24.4 Å². The number of nitrogens with zero attached hydrogens (tertiary/aromatic N) is 6. The number of nitrogen functional groups attached to an aromatic ring is 2. The van der Waals surface area contributed by atoms with Crippen LogP contribution in [0.3, 0.4) is 0 Å². The molecule has 5 N–H and O–H groups in total. The number of nitriles is 1. The van der Waals surface area contributed by atoms with Gasteiger partial charge in [-0.2, -0.15) is 15.2 Å². The maximum Gasteiger partial charge on any atom is 0.269 e. The van der Waals surface area contributed by atoms with Crippen LogP contribution in [-0.4, -0.2) is 50.0 Å². The van der Waals surface area contributed by atoms with E-state index in [0.717, 1.165) is 12.8 Å². The molecule has 0 aliphatic carbocycles. The molecule has 2 aromatic heterocycles. The predicted molar refractivity (Wildman–Crippen MR) is 155 cm³/mol. The molecular weight excluding hydrogens is 522 g/mol. The molecule has 210 valence electrons. The second-order valence-corrected chi connectivity index (χ2v) is 10.1. The number of amides is 1. The van der Waals surface area contributed by atoms with Crippen LogP contribution in [0.5, 0.6) is 5.75 Å². The summed E-state index contributed by atoms with van der Waals surface area (Å²) in [5.41, 5.74) is 12.3. The summed E-state index contributed by atoms with van der Waals surface area (Å²) in [6, 6.07) is 15.5. The van der Waals surface area contributed by atoms with E-state index in [1.807, 2.05) is 24.3 Å². The van der Waals surface area contributed by atoms with Gasteiger partial charge >= 0.3 is 0 Å². The fourth-order valence-electron chi connectivity index (χ4n) is 4.92. The summed E-state index contributed by atoms with van der Waals surface area (Å²) in [4.78, 5) is 41.6. The molecule has 1 fully saturated rings. The molecule has 4 aromatic rings. The van der Waals surface area contributed by atoms with Gasteiger partial charge in [0.2, 0.25) is 5.95 Å². The lowest BCUT2D eigenvalue weighted by molar-refractivity contribution is -0.134. The number of nitrogens with two attached hydrogens (primary N) is 2. The second kappa shape index (κ2) is 11.5. The Balaban J connectivity index is 1.55. The van der Waals surface area contributed by atoms with E-state index < -0.39 is 6.04 Å². The number of para-hydroxylation sites is 1. The van der Waals surface area contributed by atoms with Gasteiger partial charge in [0.15, 0.2) is 12.4 Å². The fraction of sp³-hybridized carbons (Fsp3) is 0.310. The Morgan fingerprint density at radius 2 is 1.85 bits per heavy atom. The Morgan fingerprint density at radius 3 is 2.56 bits per heavy atom. The largest absolute Gasteiger partial charge is 0.483 e. The number of carbonyl (C=O) groups excluding carboxylic acids is 1. The number of piperidine rings is 1. The van der Waals surface area contributed by atoms with Crippen molar-refractivity contribution < 1.29 is 9.53 Å². The maximum absolute atomic E-state index is 14.1. The van der Waals surface area contributed by atoms with Crippen LogP contribution in [0, 0.1) is 17.2 Å². The number of likely N-dealkylation sites (tertiary alicyclic amines) is 1. The van der Waals surface area contributed by atoms with E-state index in [0.29, 0.717) is 36.0 Å². The minimum Gasteiger partial charge on any atom is -0.483 e. The van der Waals surface area contributed by atoms with E-state index in [2.05, 4.69) is 22.2 Å². The first-order chi connectivity index (χ1) is 19.8. The predicted octanol–water partition coefficient (Wildman–Crippen LogP) is 3.02. The van der Waals surface area contributed by atoms with Gasteiger partial charge in [-0.15, -0.1) is 0 Å². The van der Waals surface area contributed by atoms with E-state index in [4.69, 9.17) is 21.2 Å². The minimum atomic E-state index is -0.624. The number of anilines is 3. The first-order valence-corrected chi connectivity index (χ1v) is 13.4. The Bertz CT molecular complexity index is 1690. The molecular formula is C29H31N9O3. The quantitative estimate of drug-likeness (QED) is 0.308. The number of rotatable bonds is 7. The van der Waals surface area contributed by atoms with E-state index >= 15 is 0 Å². The molecule has 0 bridgehead atoms. The monoisotopic (exact) mass is 553 g/mol. The number of hydrogen-bond donors (Lipinski definition) is 3. The molecule has 12 nitrogen and oxygen atoms in total. The van der Waals surface area contributed by atoms with Gasteiger partial charge in [0.05, 0.1) is 17.2 Å². The highest BCUT2D eigenvalue weighted by atomic mass is 16.5. The SMILES string of the molecule is CC1CCN(C(=O)COc2cccc3nc([C@H](C)Nc4nc(N)nc(N)c4C#N)n(-c4ccccc4)c(=O)c23)CC1. The lowest BCUT2D eigenvalue weighted by Gasteiger charge is -2.30. The first kappa shape index (κ1) is 27.4. The van der Waals surface area contributed by atoms with Crippen LogP contribution in [0.1, 0.15) is 44.1 Å². The molecule has 3 heterocycles. The topological polar surface area (TPSA) is 178 Å². The molecule has 41 heavy (non-hydrogen) atoms. The molecule has 12 heteroatoms. The van der Waals surface area contributed by atoms with Crippen LogP contribution < -0.4 is 27.1 Å². The summed E-state index contributed by atoms with van der Waals surface area (Å²) in [6.45, 7) is 5.19. The third-order valence-electron chi connectivity index (χ3n) is 7.19. The lowest BCUT2D eigenvalue weighted by atomic mass is 9.99. The van der Waals surface area contributed by atoms with Crippen LogP contribution in [0.2, 0.25) is 0 Å². The van der Waals surface area contributed by atoms with Crippen molar-refractivity contribution in [3.63, 3.8) is 0 Å². The van der Waals surface area contributed by atoms with Gasteiger partial charge in [-0.1, -0.05) is 31.2 Å². The second-order valence-electron chi connectivity index (χ2n) is 10.1. The number of carbonyl (C=O) groups is 1. The Hall–Kier alpha value is -5.18. The van der Waals surface area contributed by atoms with E-state index in [9.17, 15) is 14.9 Å². The van der Waals surface area contributed by atoms with Crippen LogP contribution in [-0.2, 0) is 4.79 Å². The highest BCUT2D eigenvalue weighted by Gasteiger charge is 2.24. The Labute approximate surface area is 236 Å². The van der Waals surface area contributed by atoms with Crippen LogP contribution in [0.25, 0.3) is 16.6 Å². The van der Waals surface area contributed by atoms with Gasteiger partial charge in [0, 0.05) is 13.1 Å². The molecule has 1 atom stereocenters. The number of fused-ring (bicyclic) bond motifs is 1. The number of nitrogens with one attached hydrogen (secondary N) is 1. The number of ether oxygens (including phenoxy) is 1. The summed E-state index contributed by atoms with van der Waals surface area (Å²) in [5, 5.41) is 13.0. The molecule has 0 radical (unpaired) electrons. The van der Waals surface area contributed by atoms with Crippen molar-refractivity contribution in [2.24, 2.45) is 5.92 Å². The summed E-state index contributed by atoms with van der Waals surface area (Å²) in [6.07, 6.45) is 1.93. The van der Waals surface area contributed by atoms with Gasteiger partial charge < -0.3 is 26.4 Å². The normalized spacial score (nSPS) is 14.4. The number of benzene rings is 2. The van der Waals surface area contributed by atoms with Gasteiger partial charge in [-0.25, -0.2) is 4.98 Å². The van der Waals surface area contributed by atoms with Crippen molar-refractivity contribution in [2.45, 2.75) is 32.7 Å². The van der Waals surface area contributed by atoms with E-state index in [1.54, 1.807) is 42.2 Å². The van der Waals surface area contributed by atoms with E-state index in [1.165, 1.54) is 4.57 Å². The molecule has 1 amide bonds.